The van der Waals surface area contributed by atoms with Gasteiger partial charge in [-0.1, -0.05) is 54.1 Å². The molecule has 0 aliphatic heterocycles. The third kappa shape index (κ3) is 2.42. The van der Waals surface area contributed by atoms with Crippen LogP contribution < -0.4 is 0 Å². The molecule has 0 fully saturated rings. The van der Waals surface area contributed by atoms with Gasteiger partial charge in [-0.15, -0.1) is 0 Å². The van der Waals surface area contributed by atoms with Crippen molar-refractivity contribution in [3.8, 4) is 11.3 Å². The summed E-state index contributed by atoms with van der Waals surface area (Å²) in [5, 5.41) is 4.74. The molecule has 1 aliphatic carbocycles. The maximum absolute atomic E-state index is 6.08. The number of aromatic nitrogens is 1. The van der Waals surface area contributed by atoms with E-state index in [9.17, 15) is 0 Å². The molecule has 0 amide bonds. The molecule has 3 aromatic carbocycles. The van der Waals surface area contributed by atoms with Gasteiger partial charge in [0.05, 0.1) is 11.2 Å². The fourth-order valence-corrected chi connectivity index (χ4v) is 4.27. The first kappa shape index (κ1) is 14.9. The fourth-order valence-electron chi connectivity index (χ4n) is 4.15. The van der Waals surface area contributed by atoms with E-state index in [0.29, 0.717) is 0 Å². The Morgan fingerprint density at radius 2 is 1.52 bits per heavy atom. The first-order valence-corrected chi connectivity index (χ1v) is 9.28. The van der Waals surface area contributed by atoms with Gasteiger partial charge in [0.2, 0.25) is 0 Å². The number of halogens is 1. The Labute approximate surface area is 152 Å². The molecule has 0 atom stereocenters. The van der Waals surface area contributed by atoms with Crippen LogP contribution in [0, 0.1) is 0 Å². The van der Waals surface area contributed by atoms with Crippen LogP contribution in [-0.2, 0) is 12.8 Å². The van der Waals surface area contributed by atoms with Crippen molar-refractivity contribution in [3.63, 3.8) is 0 Å². The van der Waals surface area contributed by atoms with E-state index in [1.807, 2.05) is 12.1 Å². The number of aryl methyl sites for hydroxylation is 1. The second kappa shape index (κ2) is 5.86. The zero-order chi connectivity index (χ0) is 16.8. The van der Waals surface area contributed by atoms with E-state index in [2.05, 4.69) is 48.5 Å². The molecule has 0 saturated carbocycles. The Morgan fingerprint density at radius 1 is 0.760 bits per heavy atom. The van der Waals surface area contributed by atoms with Gasteiger partial charge in [0, 0.05) is 16.0 Å². The van der Waals surface area contributed by atoms with Gasteiger partial charge in [0.1, 0.15) is 0 Å². The van der Waals surface area contributed by atoms with Crippen LogP contribution in [0.5, 0.6) is 0 Å². The molecule has 25 heavy (non-hydrogen) atoms. The van der Waals surface area contributed by atoms with Crippen molar-refractivity contribution in [1.29, 1.82) is 0 Å². The van der Waals surface area contributed by atoms with Crippen LogP contribution in [0.1, 0.15) is 24.0 Å². The monoisotopic (exact) mass is 343 g/mol. The Balaban J connectivity index is 1.89. The van der Waals surface area contributed by atoms with Crippen LogP contribution in [0.2, 0.25) is 5.02 Å². The predicted molar refractivity (Wildman–Crippen MR) is 106 cm³/mol. The molecule has 0 N–H and O–H groups in total. The summed E-state index contributed by atoms with van der Waals surface area (Å²) < 4.78 is 0. The van der Waals surface area contributed by atoms with E-state index in [0.717, 1.165) is 34.6 Å². The van der Waals surface area contributed by atoms with E-state index in [4.69, 9.17) is 16.6 Å². The molecule has 0 bridgehead atoms. The first-order chi connectivity index (χ1) is 12.3. The normalized spacial score (nSPS) is 14.0. The molecule has 2 heteroatoms. The molecule has 1 aromatic heterocycles. The number of benzene rings is 3. The lowest BCUT2D eigenvalue weighted by atomic mass is 9.85. The molecular weight excluding hydrogens is 326 g/mol. The molecule has 0 radical (unpaired) electrons. The van der Waals surface area contributed by atoms with Crippen LogP contribution in [0.4, 0.5) is 0 Å². The van der Waals surface area contributed by atoms with Gasteiger partial charge in [-0.3, -0.25) is 0 Å². The SMILES string of the molecule is Clc1ccc(-c2nc3ccc4ccccc4c3c3c2CCCC3)cc1. The molecule has 122 valence electrons. The van der Waals surface area contributed by atoms with Crippen molar-refractivity contribution < 1.29 is 0 Å². The lowest BCUT2D eigenvalue weighted by molar-refractivity contribution is 0.689. The highest BCUT2D eigenvalue weighted by Crippen LogP contribution is 2.38. The Kier molecular flexibility index (Phi) is 3.50. The Morgan fingerprint density at radius 3 is 2.36 bits per heavy atom. The van der Waals surface area contributed by atoms with Gasteiger partial charge in [-0.25, -0.2) is 4.98 Å². The summed E-state index contributed by atoms with van der Waals surface area (Å²) in [6.07, 6.45) is 4.75. The van der Waals surface area contributed by atoms with Crippen LogP contribution >= 0.6 is 11.6 Å². The minimum Gasteiger partial charge on any atom is -0.247 e. The largest absolute Gasteiger partial charge is 0.247 e. The lowest BCUT2D eigenvalue weighted by Gasteiger charge is -2.22. The number of nitrogens with zero attached hydrogens (tertiary/aromatic N) is 1. The second-order valence-electron chi connectivity index (χ2n) is 6.81. The van der Waals surface area contributed by atoms with E-state index in [1.54, 1.807) is 0 Å². The number of pyridine rings is 1. The summed E-state index contributed by atoms with van der Waals surface area (Å²) in [6, 6.07) is 21.1. The Hall–Kier alpha value is -2.38. The summed E-state index contributed by atoms with van der Waals surface area (Å²) in [6.45, 7) is 0. The maximum atomic E-state index is 6.08. The molecule has 0 unspecified atom stereocenters. The standard InChI is InChI=1S/C23H18ClN/c24-17-12-9-16(10-13-17)23-20-8-4-3-7-19(20)22-18-6-2-1-5-15(18)11-14-21(22)25-23/h1-2,5-6,9-14H,3-4,7-8H2. The summed E-state index contributed by atoms with van der Waals surface area (Å²) in [5.74, 6) is 0. The van der Waals surface area contributed by atoms with Crippen molar-refractivity contribution in [1.82, 2.24) is 4.98 Å². The molecule has 1 aliphatic rings. The number of rotatable bonds is 1. The summed E-state index contributed by atoms with van der Waals surface area (Å²) >= 11 is 6.08. The van der Waals surface area contributed by atoms with Gasteiger partial charge in [0.15, 0.2) is 0 Å². The summed E-state index contributed by atoms with van der Waals surface area (Å²) in [7, 11) is 0. The van der Waals surface area contributed by atoms with Crippen molar-refractivity contribution >= 4 is 33.3 Å². The van der Waals surface area contributed by atoms with Crippen LogP contribution in [0.25, 0.3) is 32.9 Å². The second-order valence-corrected chi connectivity index (χ2v) is 7.25. The number of fused-ring (bicyclic) bond motifs is 5. The zero-order valence-electron chi connectivity index (χ0n) is 13.9. The van der Waals surface area contributed by atoms with Crippen molar-refractivity contribution in [2.75, 3.05) is 0 Å². The molecular formula is C23H18ClN. The molecule has 0 saturated heterocycles. The van der Waals surface area contributed by atoms with Gasteiger partial charge in [-0.2, -0.15) is 0 Å². The van der Waals surface area contributed by atoms with Crippen LogP contribution in [-0.4, -0.2) is 4.98 Å². The Bertz CT molecular complexity index is 1100. The van der Waals surface area contributed by atoms with E-state index < -0.39 is 0 Å². The van der Waals surface area contributed by atoms with E-state index >= 15 is 0 Å². The quantitative estimate of drug-likeness (QED) is 0.355. The molecule has 4 aromatic rings. The van der Waals surface area contributed by atoms with Crippen LogP contribution in [0.3, 0.4) is 0 Å². The molecule has 5 rings (SSSR count). The van der Waals surface area contributed by atoms with Crippen molar-refractivity contribution in [3.05, 3.63) is 76.8 Å². The van der Waals surface area contributed by atoms with Gasteiger partial charge >= 0.3 is 0 Å². The third-order valence-electron chi connectivity index (χ3n) is 5.31. The fraction of sp³-hybridized carbons (Fsp3) is 0.174. The van der Waals surface area contributed by atoms with Gasteiger partial charge < -0.3 is 0 Å². The van der Waals surface area contributed by atoms with Crippen LogP contribution in [0.15, 0.2) is 60.7 Å². The number of hydrogen-bond acceptors (Lipinski definition) is 1. The highest BCUT2D eigenvalue weighted by atomic mass is 35.5. The molecule has 1 nitrogen and oxygen atoms in total. The molecule has 1 heterocycles. The van der Waals surface area contributed by atoms with E-state index in [1.165, 1.54) is 40.1 Å². The smallest absolute Gasteiger partial charge is 0.0744 e. The highest BCUT2D eigenvalue weighted by molar-refractivity contribution is 6.30. The maximum Gasteiger partial charge on any atom is 0.0744 e. The average Bonchev–Trinajstić information content (AvgIpc) is 2.67. The minimum atomic E-state index is 0.768. The average molecular weight is 344 g/mol. The predicted octanol–water partition coefficient (Wildman–Crippen LogP) is 6.59. The minimum absolute atomic E-state index is 0.768. The topological polar surface area (TPSA) is 12.9 Å². The van der Waals surface area contributed by atoms with E-state index in [-0.39, 0.29) is 0 Å². The van der Waals surface area contributed by atoms with Crippen molar-refractivity contribution in [2.45, 2.75) is 25.7 Å². The highest BCUT2D eigenvalue weighted by Gasteiger charge is 2.20. The first-order valence-electron chi connectivity index (χ1n) is 8.90. The van der Waals surface area contributed by atoms with Crippen molar-refractivity contribution in [2.24, 2.45) is 0 Å². The van der Waals surface area contributed by atoms with Gasteiger partial charge in [-0.05, 0) is 65.8 Å². The molecule has 0 spiro atoms. The van der Waals surface area contributed by atoms with Gasteiger partial charge in [0.25, 0.3) is 0 Å². The lowest BCUT2D eigenvalue weighted by Crippen LogP contribution is -2.08. The zero-order valence-corrected chi connectivity index (χ0v) is 14.7. The summed E-state index contributed by atoms with van der Waals surface area (Å²) in [4.78, 5) is 5.10. The number of hydrogen-bond donors (Lipinski definition) is 0. The third-order valence-corrected chi connectivity index (χ3v) is 5.56. The summed E-state index contributed by atoms with van der Waals surface area (Å²) in [5.41, 5.74) is 6.33.